The minimum Gasteiger partial charge on any atom is -0.508 e. The standard InChI is InChI=1S/C55H44O9/c56-42-13-1-32(2-14-42)24-40-29-46-37(31-51(40)61)10-11-39(54(46)62)23-34-7-19-45(20-8-34)64-52-28-36(9-21-50(52)60)26-38-12-22-49(59)47-30-41(25-33-3-15-43(57)16-4-33)55(63)48(53(38)47)27-35-5-17-44(58)18-6-35/h1-22,28-31,56-63H,23-27H2. The lowest BCUT2D eigenvalue weighted by molar-refractivity contribution is 0.411. The Balaban J connectivity index is 0.966. The van der Waals surface area contributed by atoms with Gasteiger partial charge in [-0.15, -0.1) is 0 Å². The van der Waals surface area contributed by atoms with Crippen molar-refractivity contribution in [3.8, 4) is 57.5 Å². The number of hydrogen-bond donors (Lipinski definition) is 8. The molecule has 0 aliphatic heterocycles. The number of phenolic OH excluding ortho intramolecular Hbond substituents is 8. The van der Waals surface area contributed by atoms with Crippen LogP contribution < -0.4 is 4.74 Å². The normalized spacial score (nSPS) is 11.3. The molecule has 64 heavy (non-hydrogen) atoms. The smallest absolute Gasteiger partial charge is 0.169 e. The van der Waals surface area contributed by atoms with Gasteiger partial charge in [0.25, 0.3) is 0 Å². The summed E-state index contributed by atoms with van der Waals surface area (Å²) in [6, 6.07) is 45.3. The summed E-state index contributed by atoms with van der Waals surface area (Å²) in [5.41, 5.74) is 7.78. The van der Waals surface area contributed by atoms with Crippen LogP contribution in [0.15, 0.2) is 158 Å². The summed E-state index contributed by atoms with van der Waals surface area (Å²) in [4.78, 5) is 0. The Hall–Kier alpha value is -8.30. The predicted molar refractivity (Wildman–Crippen MR) is 248 cm³/mol. The van der Waals surface area contributed by atoms with Gasteiger partial charge in [0.1, 0.15) is 46.0 Å². The first-order chi connectivity index (χ1) is 30.9. The molecular weight excluding hydrogens is 805 g/mol. The zero-order chi connectivity index (χ0) is 44.5. The van der Waals surface area contributed by atoms with Crippen molar-refractivity contribution < 1.29 is 45.6 Å². The van der Waals surface area contributed by atoms with E-state index in [9.17, 15) is 40.9 Å². The lowest BCUT2D eigenvalue weighted by Crippen LogP contribution is -2.00. The summed E-state index contributed by atoms with van der Waals surface area (Å²) in [7, 11) is 0. The Morgan fingerprint density at radius 1 is 0.328 bits per heavy atom. The van der Waals surface area contributed by atoms with Gasteiger partial charge < -0.3 is 45.6 Å². The summed E-state index contributed by atoms with van der Waals surface area (Å²) in [6.45, 7) is 0. The fraction of sp³-hybridized carbons (Fsp3) is 0.0909. The van der Waals surface area contributed by atoms with Crippen LogP contribution in [0.2, 0.25) is 0 Å². The van der Waals surface area contributed by atoms with Crippen molar-refractivity contribution in [2.24, 2.45) is 0 Å². The molecule has 0 aliphatic rings. The van der Waals surface area contributed by atoms with E-state index in [4.69, 9.17) is 4.74 Å². The Morgan fingerprint density at radius 3 is 1.44 bits per heavy atom. The number of benzene rings is 9. The third-order valence-electron chi connectivity index (χ3n) is 11.7. The molecule has 9 rings (SSSR count). The van der Waals surface area contributed by atoms with Gasteiger partial charge >= 0.3 is 0 Å². The number of ether oxygens (including phenoxy) is 1. The van der Waals surface area contributed by atoms with E-state index in [-0.39, 0.29) is 51.7 Å². The van der Waals surface area contributed by atoms with E-state index in [1.54, 1.807) is 127 Å². The Labute approximate surface area is 368 Å². The fourth-order valence-corrected chi connectivity index (χ4v) is 8.36. The molecule has 9 nitrogen and oxygen atoms in total. The number of rotatable bonds is 12. The van der Waals surface area contributed by atoms with Gasteiger partial charge in [0.15, 0.2) is 11.5 Å². The van der Waals surface area contributed by atoms with Crippen molar-refractivity contribution in [3.05, 3.63) is 213 Å². The van der Waals surface area contributed by atoms with Crippen LogP contribution in [0.1, 0.15) is 55.6 Å². The van der Waals surface area contributed by atoms with Crippen molar-refractivity contribution in [3.63, 3.8) is 0 Å². The molecule has 9 heteroatoms. The second kappa shape index (κ2) is 17.2. The number of phenols is 8. The van der Waals surface area contributed by atoms with E-state index in [1.807, 2.05) is 30.3 Å². The molecule has 0 unspecified atom stereocenters. The van der Waals surface area contributed by atoms with E-state index in [0.29, 0.717) is 81.7 Å². The van der Waals surface area contributed by atoms with Crippen molar-refractivity contribution in [1.82, 2.24) is 0 Å². The van der Waals surface area contributed by atoms with E-state index in [0.717, 1.165) is 33.4 Å². The van der Waals surface area contributed by atoms with Gasteiger partial charge in [-0.25, -0.2) is 0 Å². The van der Waals surface area contributed by atoms with Crippen LogP contribution in [0, 0.1) is 0 Å². The van der Waals surface area contributed by atoms with Crippen molar-refractivity contribution >= 4 is 21.5 Å². The van der Waals surface area contributed by atoms with Crippen molar-refractivity contribution in [1.29, 1.82) is 0 Å². The molecule has 9 aromatic rings. The lowest BCUT2D eigenvalue weighted by Gasteiger charge is -2.19. The third-order valence-corrected chi connectivity index (χ3v) is 11.7. The van der Waals surface area contributed by atoms with Crippen LogP contribution in [-0.2, 0) is 32.1 Å². The maximum atomic E-state index is 11.9. The lowest BCUT2D eigenvalue weighted by atomic mass is 9.88. The van der Waals surface area contributed by atoms with Gasteiger partial charge in [-0.3, -0.25) is 0 Å². The molecule has 0 aromatic heterocycles. The number of aromatic hydroxyl groups is 8. The highest BCUT2D eigenvalue weighted by Gasteiger charge is 2.20. The average Bonchev–Trinajstić information content (AvgIpc) is 3.29. The molecule has 0 heterocycles. The average molecular weight is 849 g/mol. The van der Waals surface area contributed by atoms with Gasteiger partial charge in [-0.05, 0) is 152 Å². The van der Waals surface area contributed by atoms with Crippen LogP contribution in [0.3, 0.4) is 0 Å². The molecule has 0 spiro atoms. The summed E-state index contributed by atoms with van der Waals surface area (Å²) >= 11 is 0. The molecule has 0 bridgehead atoms. The summed E-state index contributed by atoms with van der Waals surface area (Å²) in [5, 5.41) is 88.3. The first-order valence-corrected chi connectivity index (χ1v) is 20.8. The first kappa shape index (κ1) is 41.1. The highest BCUT2D eigenvalue weighted by molar-refractivity contribution is 5.96. The molecule has 0 fully saturated rings. The SMILES string of the molecule is Oc1ccc(Cc2cc3c(O)c(Cc4ccc(Oc5cc(Cc6ccc(O)c7cc(Cc8ccc(O)cc8)c(O)c(Cc8ccc(O)cc8)c67)ccc5O)cc4)ccc3cc2O)cc1. The molecule has 0 saturated carbocycles. The summed E-state index contributed by atoms with van der Waals surface area (Å²) in [5.74, 6) is 1.52. The molecule has 0 atom stereocenters. The van der Waals surface area contributed by atoms with Crippen LogP contribution in [0.25, 0.3) is 21.5 Å². The molecular formula is C55H44O9. The Bertz CT molecular complexity index is 3160. The van der Waals surface area contributed by atoms with E-state index in [2.05, 4.69) is 0 Å². The number of hydrogen-bond acceptors (Lipinski definition) is 9. The Morgan fingerprint density at radius 2 is 0.812 bits per heavy atom. The minimum atomic E-state index is -0.0511. The van der Waals surface area contributed by atoms with Crippen LogP contribution in [-0.4, -0.2) is 40.9 Å². The second-order valence-electron chi connectivity index (χ2n) is 16.2. The second-order valence-corrected chi connectivity index (χ2v) is 16.2. The predicted octanol–water partition coefficient (Wildman–Crippen LogP) is 11.4. The maximum absolute atomic E-state index is 11.9. The number of fused-ring (bicyclic) bond motifs is 2. The van der Waals surface area contributed by atoms with Crippen LogP contribution in [0.5, 0.6) is 57.5 Å². The van der Waals surface area contributed by atoms with E-state index in [1.165, 1.54) is 0 Å². The van der Waals surface area contributed by atoms with Gasteiger partial charge in [-0.2, -0.15) is 0 Å². The molecule has 0 radical (unpaired) electrons. The van der Waals surface area contributed by atoms with Crippen molar-refractivity contribution in [2.45, 2.75) is 32.1 Å². The first-order valence-electron chi connectivity index (χ1n) is 20.8. The zero-order valence-corrected chi connectivity index (χ0v) is 34.5. The van der Waals surface area contributed by atoms with Crippen LogP contribution >= 0.6 is 0 Å². The Kier molecular flexibility index (Phi) is 11.1. The topological polar surface area (TPSA) is 171 Å². The van der Waals surface area contributed by atoms with E-state index >= 15 is 0 Å². The largest absolute Gasteiger partial charge is 0.508 e. The summed E-state index contributed by atoms with van der Waals surface area (Å²) in [6.07, 6.45) is 1.91. The highest BCUT2D eigenvalue weighted by Crippen LogP contribution is 2.42. The molecule has 318 valence electrons. The quantitative estimate of drug-likeness (QED) is 0.0596. The zero-order valence-electron chi connectivity index (χ0n) is 34.5. The van der Waals surface area contributed by atoms with Crippen LogP contribution in [0.4, 0.5) is 0 Å². The maximum Gasteiger partial charge on any atom is 0.169 e. The molecule has 0 aliphatic carbocycles. The fourth-order valence-electron chi connectivity index (χ4n) is 8.36. The summed E-state index contributed by atoms with van der Waals surface area (Å²) < 4.78 is 6.22. The van der Waals surface area contributed by atoms with Gasteiger partial charge in [0.2, 0.25) is 0 Å². The van der Waals surface area contributed by atoms with Crippen molar-refractivity contribution in [2.75, 3.05) is 0 Å². The minimum absolute atomic E-state index is 0.0511. The van der Waals surface area contributed by atoms with E-state index < -0.39 is 0 Å². The molecule has 0 amide bonds. The molecule has 8 N–H and O–H groups in total. The van der Waals surface area contributed by atoms with Gasteiger partial charge in [-0.1, -0.05) is 72.8 Å². The van der Waals surface area contributed by atoms with Gasteiger partial charge in [0, 0.05) is 42.0 Å². The molecule has 9 aromatic carbocycles. The third kappa shape index (κ3) is 8.73. The molecule has 0 saturated heterocycles. The van der Waals surface area contributed by atoms with Gasteiger partial charge in [0.05, 0.1) is 0 Å². The monoisotopic (exact) mass is 848 g/mol. The highest BCUT2D eigenvalue weighted by atomic mass is 16.5.